The van der Waals surface area contributed by atoms with Crippen LogP contribution in [0.2, 0.25) is 0 Å². The fourth-order valence-corrected chi connectivity index (χ4v) is 3.56. The summed E-state index contributed by atoms with van der Waals surface area (Å²) in [5.74, 6) is 0.257. The number of rotatable bonds is 7. The van der Waals surface area contributed by atoms with Gasteiger partial charge in [-0.3, -0.25) is 14.4 Å². The van der Waals surface area contributed by atoms with Gasteiger partial charge in [-0.05, 0) is 56.9 Å². The fraction of sp³-hybridized carbons (Fsp3) is 0.591. The first-order valence-corrected chi connectivity index (χ1v) is 10.3. The largest absolute Gasteiger partial charge is 0.497 e. The molecule has 0 radical (unpaired) electrons. The Morgan fingerprint density at radius 2 is 1.59 bits per heavy atom. The molecule has 160 valence electrons. The summed E-state index contributed by atoms with van der Waals surface area (Å²) in [6.07, 6.45) is 1.36. The van der Waals surface area contributed by atoms with Gasteiger partial charge in [0.2, 0.25) is 11.8 Å². The van der Waals surface area contributed by atoms with Crippen molar-refractivity contribution in [3.63, 3.8) is 0 Å². The van der Waals surface area contributed by atoms with Crippen molar-refractivity contribution >= 4 is 17.7 Å². The lowest BCUT2D eigenvalue weighted by molar-refractivity contribution is -0.136. The molecule has 0 spiro atoms. The van der Waals surface area contributed by atoms with E-state index in [2.05, 4.69) is 10.6 Å². The lowest BCUT2D eigenvalue weighted by Crippen LogP contribution is -2.55. The van der Waals surface area contributed by atoms with Crippen molar-refractivity contribution in [2.75, 3.05) is 20.2 Å². The highest BCUT2D eigenvalue weighted by Gasteiger charge is 2.34. The van der Waals surface area contributed by atoms with Crippen LogP contribution in [0.4, 0.5) is 0 Å². The summed E-state index contributed by atoms with van der Waals surface area (Å²) in [6.45, 7) is 8.77. The van der Waals surface area contributed by atoms with Gasteiger partial charge in [0.1, 0.15) is 11.8 Å². The number of nitrogens with zero attached hydrogens (tertiary/aromatic N) is 1. The molecule has 3 amide bonds. The lowest BCUT2D eigenvalue weighted by atomic mass is 9.88. The van der Waals surface area contributed by atoms with Crippen molar-refractivity contribution in [1.82, 2.24) is 15.5 Å². The van der Waals surface area contributed by atoms with Crippen LogP contribution in [0.25, 0.3) is 0 Å². The molecule has 1 aliphatic heterocycles. The van der Waals surface area contributed by atoms with E-state index >= 15 is 0 Å². The second-order valence-corrected chi connectivity index (χ2v) is 8.16. The number of amides is 3. The van der Waals surface area contributed by atoms with Crippen LogP contribution in [-0.4, -0.2) is 54.9 Å². The van der Waals surface area contributed by atoms with E-state index in [4.69, 9.17) is 4.74 Å². The third-order valence-electron chi connectivity index (χ3n) is 5.17. The maximum atomic E-state index is 12.8. The van der Waals surface area contributed by atoms with Gasteiger partial charge in [-0.15, -0.1) is 0 Å². The lowest BCUT2D eigenvalue weighted by Gasteiger charge is -2.36. The Labute approximate surface area is 173 Å². The maximum absolute atomic E-state index is 12.8. The van der Waals surface area contributed by atoms with Crippen molar-refractivity contribution in [2.45, 2.75) is 52.6 Å². The Kier molecular flexibility index (Phi) is 8.05. The Morgan fingerprint density at radius 3 is 2.07 bits per heavy atom. The molecule has 0 saturated carbocycles. The fourth-order valence-electron chi connectivity index (χ4n) is 3.56. The number of hydrogen-bond donors (Lipinski definition) is 2. The minimum Gasteiger partial charge on any atom is -0.497 e. The van der Waals surface area contributed by atoms with Crippen molar-refractivity contribution in [2.24, 2.45) is 11.8 Å². The molecule has 2 N–H and O–H groups in total. The predicted molar refractivity (Wildman–Crippen MR) is 112 cm³/mol. The zero-order valence-corrected chi connectivity index (χ0v) is 18.0. The van der Waals surface area contributed by atoms with Gasteiger partial charge in [-0.2, -0.15) is 0 Å². The minimum atomic E-state index is -0.636. The van der Waals surface area contributed by atoms with E-state index in [9.17, 15) is 14.4 Å². The zero-order valence-electron chi connectivity index (χ0n) is 18.0. The first kappa shape index (κ1) is 22.7. The summed E-state index contributed by atoms with van der Waals surface area (Å²) in [6, 6.07) is 6.13. The smallest absolute Gasteiger partial charge is 0.251 e. The summed E-state index contributed by atoms with van der Waals surface area (Å²) >= 11 is 0. The SMILES string of the molecule is COc1ccc(C(=O)N[C@@H](C(=O)NC(C)C)C2CCN(C(=O)C(C)C)CC2)cc1. The number of likely N-dealkylation sites (tertiary alicyclic amines) is 1. The van der Waals surface area contributed by atoms with Crippen molar-refractivity contribution in [1.29, 1.82) is 0 Å². The molecule has 2 rings (SSSR count). The van der Waals surface area contributed by atoms with Crippen molar-refractivity contribution < 1.29 is 19.1 Å². The molecule has 1 aromatic carbocycles. The van der Waals surface area contributed by atoms with Crippen LogP contribution in [0.15, 0.2) is 24.3 Å². The molecule has 1 atom stereocenters. The second kappa shape index (κ2) is 10.3. The molecule has 1 heterocycles. The molecule has 1 saturated heterocycles. The first-order valence-electron chi connectivity index (χ1n) is 10.3. The number of carbonyl (C=O) groups is 3. The average molecular weight is 404 g/mol. The number of ether oxygens (including phenoxy) is 1. The number of carbonyl (C=O) groups excluding carboxylic acids is 3. The van der Waals surface area contributed by atoms with Gasteiger partial charge in [0.15, 0.2) is 0 Å². The molecule has 29 heavy (non-hydrogen) atoms. The molecule has 7 nitrogen and oxygen atoms in total. The van der Waals surface area contributed by atoms with E-state index in [1.807, 2.05) is 32.6 Å². The van der Waals surface area contributed by atoms with E-state index in [1.165, 1.54) is 0 Å². The van der Waals surface area contributed by atoms with Gasteiger partial charge in [0.25, 0.3) is 5.91 Å². The molecule has 0 unspecified atom stereocenters. The van der Waals surface area contributed by atoms with Gasteiger partial charge in [-0.25, -0.2) is 0 Å². The molecule has 1 aliphatic rings. The normalized spacial score (nSPS) is 15.9. The van der Waals surface area contributed by atoms with E-state index in [0.717, 1.165) is 0 Å². The van der Waals surface area contributed by atoms with E-state index in [1.54, 1.807) is 31.4 Å². The number of hydrogen-bond acceptors (Lipinski definition) is 4. The zero-order chi connectivity index (χ0) is 21.6. The van der Waals surface area contributed by atoms with Crippen molar-refractivity contribution in [3.8, 4) is 5.75 Å². The quantitative estimate of drug-likeness (QED) is 0.731. The average Bonchev–Trinajstić information content (AvgIpc) is 2.70. The minimum absolute atomic E-state index is 0.0211. The summed E-state index contributed by atoms with van der Waals surface area (Å²) in [4.78, 5) is 39.7. The van der Waals surface area contributed by atoms with Crippen LogP contribution in [0, 0.1) is 11.8 Å². The van der Waals surface area contributed by atoms with Crippen molar-refractivity contribution in [3.05, 3.63) is 29.8 Å². The highest BCUT2D eigenvalue weighted by molar-refractivity contribution is 5.97. The van der Waals surface area contributed by atoms with Gasteiger partial charge in [-0.1, -0.05) is 13.8 Å². The predicted octanol–water partition coefficient (Wildman–Crippen LogP) is 2.21. The number of nitrogens with one attached hydrogen (secondary N) is 2. The van der Waals surface area contributed by atoms with Crippen LogP contribution in [0.1, 0.15) is 50.9 Å². The van der Waals surface area contributed by atoms with Gasteiger partial charge in [0.05, 0.1) is 7.11 Å². The summed E-state index contributed by atoms with van der Waals surface area (Å²) < 4.78 is 5.13. The van der Waals surface area contributed by atoms with Gasteiger partial charge in [0, 0.05) is 30.6 Å². The number of benzene rings is 1. The summed E-state index contributed by atoms with van der Waals surface area (Å²) in [5.41, 5.74) is 0.473. The monoisotopic (exact) mass is 403 g/mol. The molecule has 1 fully saturated rings. The maximum Gasteiger partial charge on any atom is 0.251 e. The Morgan fingerprint density at radius 1 is 1.00 bits per heavy atom. The Balaban J connectivity index is 2.10. The van der Waals surface area contributed by atoms with Crippen LogP contribution < -0.4 is 15.4 Å². The Bertz CT molecular complexity index is 707. The summed E-state index contributed by atoms with van der Waals surface area (Å²) in [7, 11) is 1.57. The Hall–Kier alpha value is -2.57. The van der Waals surface area contributed by atoms with E-state index in [0.29, 0.717) is 37.2 Å². The topological polar surface area (TPSA) is 87.7 Å². The molecule has 0 bridgehead atoms. The molecular formula is C22H33N3O4. The van der Waals surface area contributed by atoms with E-state index in [-0.39, 0.29) is 35.6 Å². The van der Waals surface area contributed by atoms with Crippen LogP contribution in [0.3, 0.4) is 0 Å². The summed E-state index contributed by atoms with van der Waals surface area (Å²) in [5, 5.41) is 5.83. The number of piperidine rings is 1. The van der Waals surface area contributed by atoms with Crippen LogP contribution in [-0.2, 0) is 9.59 Å². The van der Waals surface area contributed by atoms with Gasteiger partial charge >= 0.3 is 0 Å². The standard InChI is InChI=1S/C22H33N3O4/c1-14(2)22(28)25-12-10-16(11-13-25)19(21(27)23-15(3)4)24-20(26)17-6-8-18(29-5)9-7-17/h6-9,14-16,19H,10-13H2,1-5H3,(H,23,27)(H,24,26)/t19-/m1/s1. The third-order valence-corrected chi connectivity index (χ3v) is 5.17. The second-order valence-electron chi connectivity index (χ2n) is 8.16. The molecule has 0 aliphatic carbocycles. The highest BCUT2D eigenvalue weighted by atomic mass is 16.5. The van der Waals surface area contributed by atoms with Crippen LogP contribution >= 0.6 is 0 Å². The first-order chi connectivity index (χ1) is 13.7. The number of methoxy groups -OCH3 is 1. The molecule has 7 heteroatoms. The molecule has 0 aromatic heterocycles. The highest BCUT2D eigenvalue weighted by Crippen LogP contribution is 2.23. The van der Waals surface area contributed by atoms with Crippen LogP contribution in [0.5, 0.6) is 5.75 Å². The third kappa shape index (κ3) is 6.21. The van der Waals surface area contributed by atoms with Gasteiger partial charge < -0.3 is 20.3 Å². The molecular weight excluding hydrogens is 370 g/mol. The molecule has 1 aromatic rings. The van der Waals surface area contributed by atoms with E-state index < -0.39 is 6.04 Å².